The highest BCUT2D eigenvalue weighted by Crippen LogP contribution is 2.26. The number of nitrogens with zero attached hydrogens (tertiary/aromatic N) is 3. The molecule has 1 N–H and O–H groups in total. The van der Waals surface area contributed by atoms with Crippen LogP contribution in [0.15, 0.2) is 53.9 Å². The molecule has 10 heteroatoms. The number of amides is 1. The lowest BCUT2D eigenvalue weighted by molar-refractivity contribution is 0.102. The maximum Gasteiger partial charge on any atom is 0.257 e. The number of benzene rings is 2. The van der Waals surface area contributed by atoms with Crippen molar-refractivity contribution in [1.82, 2.24) is 14.8 Å². The summed E-state index contributed by atoms with van der Waals surface area (Å²) >= 11 is 12.1. The van der Waals surface area contributed by atoms with Gasteiger partial charge in [-0.25, -0.2) is 18.1 Å². The number of rotatable bonds is 4. The van der Waals surface area contributed by atoms with Crippen LogP contribution in [0.25, 0.3) is 5.69 Å². The molecule has 1 heterocycles. The molecule has 0 aliphatic heterocycles. The van der Waals surface area contributed by atoms with Gasteiger partial charge in [0.05, 0.1) is 26.9 Å². The minimum absolute atomic E-state index is 0.00496. The summed E-state index contributed by atoms with van der Waals surface area (Å²) in [6.07, 6.45) is 3.88. The number of aromatic nitrogens is 3. The molecule has 0 aliphatic rings. The zero-order valence-electron chi connectivity index (χ0n) is 13.3. The lowest BCUT2D eigenvalue weighted by Gasteiger charge is -2.12. The van der Waals surface area contributed by atoms with E-state index in [1.807, 2.05) is 0 Å². The lowest BCUT2D eigenvalue weighted by Crippen LogP contribution is -2.15. The van der Waals surface area contributed by atoms with E-state index in [1.165, 1.54) is 35.5 Å². The van der Waals surface area contributed by atoms with Gasteiger partial charge in [0.25, 0.3) is 5.91 Å². The molecule has 0 fully saturated rings. The second kappa shape index (κ2) is 7.06. The fraction of sp³-hybridized carbons (Fsp3) is 0.0625. The molecule has 1 amide bonds. The molecule has 0 atom stereocenters. The Kier molecular flexibility index (Phi) is 4.99. The smallest absolute Gasteiger partial charge is 0.257 e. The molecule has 0 saturated carbocycles. The predicted molar refractivity (Wildman–Crippen MR) is 98.9 cm³/mol. The molecule has 2 aromatic carbocycles. The van der Waals surface area contributed by atoms with Crippen LogP contribution in [0.3, 0.4) is 0 Å². The van der Waals surface area contributed by atoms with Crippen LogP contribution >= 0.6 is 23.2 Å². The van der Waals surface area contributed by atoms with Gasteiger partial charge in [-0.2, -0.15) is 5.10 Å². The van der Waals surface area contributed by atoms with Crippen LogP contribution in [0.2, 0.25) is 10.0 Å². The van der Waals surface area contributed by atoms with Crippen LogP contribution in [-0.4, -0.2) is 35.3 Å². The average Bonchev–Trinajstić information content (AvgIpc) is 3.08. The first kappa shape index (κ1) is 18.4. The summed E-state index contributed by atoms with van der Waals surface area (Å²) in [5, 5.41) is 7.24. The van der Waals surface area contributed by atoms with Crippen molar-refractivity contribution in [2.45, 2.75) is 4.90 Å². The Balaban J connectivity index is 2.00. The number of carbonyl (C=O) groups excluding carboxylic acids is 1. The van der Waals surface area contributed by atoms with Gasteiger partial charge in [0.15, 0.2) is 9.84 Å². The Morgan fingerprint density at radius 3 is 2.58 bits per heavy atom. The summed E-state index contributed by atoms with van der Waals surface area (Å²) in [6, 6.07) is 8.79. The summed E-state index contributed by atoms with van der Waals surface area (Å²) in [4.78, 5) is 16.5. The Labute approximate surface area is 159 Å². The number of hydrogen-bond donors (Lipinski definition) is 1. The first-order valence-corrected chi connectivity index (χ1v) is 9.86. The van der Waals surface area contributed by atoms with Crippen molar-refractivity contribution in [2.24, 2.45) is 0 Å². The van der Waals surface area contributed by atoms with E-state index in [0.29, 0.717) is 16.4 Å². The molecule has 1 aromatic heterocycles. The lowest BCUT2D eigenvalue weighted by atomic mass is 10.2. The molecule has 0 unspecified atom stereocenters. The van der Waals surface area contributed by atoms with Crippen LogP contribution in [0.1, 0.15) is 10.4 Å². The minimum atomic E-state index is -3.48. The van der Waals surface area contributed by atoms with Gasteiger partial charge in [-0.3, -0.25) is 4.79 Å². The van der Waals surface area contributed by atoms with Crippen LogP contribution in [0.5, 0.6) is 0 Å². The Morgan fingerprint density at radius 1 is 1.15 bits per heavy atom. The van der Waals surface area contributed by atoms with Crippen molar-refractivity contribution in [2.75, 3.05) is 11.6 Å². The molecule has 3 aromatic rings. The van der Waals surface area contributed by atoms with Gasteiger partial charge in [0, 0.05) is 11.3 Å². The van der Waals surface area contributed by atoms with E-state index in [-0.39, 0.29) is 15.5 Å². The Hall–Kier alpha value is -2.42. The second-order valence-electron chi connectivity index (χ2n) is 5.37. The summed E-state index contributed by atoms with van der Waals surface area (Å²) in [5.74, 6) is -0.580. The van der Waals surface area contributed by atoms with E-state index in [2.05, 4.69) is 15.4 Å². The van der Waals surface area contributed by atoms with Crippen LogP contribution < -0.4 is 5.32 Å². The minimum Gasteiger partial charge on any atom is -0.320 e. The van der Waals surface area contributed by atoms with Gasteiger partial charge in [0.1, 0.15) is 12.7 Å². The van der Waals surface area contributed by atoms with E-state index < -0.39 is 15.7 Å². The van der Waals surface area contributed by atoms with Gasteiger partial charge in [-0.05, 0) is 36.4 Å². The Morgan fingerprint density at radius 2 is 1.92 bits per heavy atom. The molecule has 0 saturated heterocycles. The van der Waals surface area contributed by atoms with E-state index in [1.54, 1.807) is 18.2 Å². The summed E-state index contributed by atoms with van der Waals surface area (Å²) in [7, 11) is -3.48. The SMILES string of the molecule is CS(=O)(=O)c1ccc(Cl)c(C(=O)Nc2cc(Cl)ccc2-n2cncn2)c1. The van der Waals surface area contributed by atoms with E-state index >= 15 is 0 Å². The standard InChI is InChI=1S/C16H12Cl2N4O3S/c1-26(24,25)11-3-4-13(18)12(7-11)16(23)21-14-6-10(17)2-5-15(14)22-9-19-8-20-22/h2-9H,1H3,(H,21,23). The van der Waals surface area contributed by atoms with Gasteiger partial charge in [-0.1, -0.05) is 23.2 Å². The largest absolute Gasteiger partial charge is 0.320 e. The molecule has 0 radical (unpaired) electrons. The quantitative estimate of drug-likeness (QED) is 0.712. The maximum absolute atomic E-state index is 12.7. The fourth-order valence-electron chi connectivity index (χ4n) is 2.24. The first-order valence-electron chi connectivity index (χ1n) is 7.21. The van der Waals surface area contributed by atoms with Crippen molar-refractivity contribution in [3.05, 3.63) is 64.7 Å². The molecule has 0 spiro atoms. The third kappa shape index (κ3) is 3.87. The molecule has 26 heavy (non-hydrogen) atoms. The van der Waals surface area contributed by atoms with Crippen molar-refractivity contribution >= 4 is 44.6 Å². The van der Waals surface area contributed by atoms with Crippen molar-refractivity contribution in [3.63, 3.8) is 0 Å². The van der Waals surface area contributed by atoms with E-state index in [9.17, 15) is 13.2 Å². The van der Waals surface area contributed by atoms with Crippen LogP contribution in [0, 0.1) is 0 Å². The van der Waals surface area contributed by atoms with E-state index in [0.717, 1.165) is 6.26 Å². The molecule has 3 rings (SSSR count). The highest BCUT2D eigenvalue weighted by atomic mass is 35.5. The summed E-state index contributed by atoms with van der Waals surface area (Å²) in [5.41, 5.74) is 0.934. The van der Waals surface area contributed by atoms with Crippen LogP contribution in [-0.2, 0) is 9.84 Å². The molecular weight excluding hydrogens is 399 g/mol. The van der Waals surface area contributed by atoms with Crippen molar-refractivity contribution in [3.8, 4) is 5.69 Å². The van der Waals surface area contributed by atoms with Gasteiger partial charge < -0.3 is 5.32 Å². The zero-order chi connectivity index (χ0) is 18.9. The number of halogens is 2. The van der Waals surface area contributed by atoms with Crippen molar-refractivity contribution < 1.29 is 13.2 Å². The molecular formula is C16H12Cl2N4O3S. The first-order chi connectivity index (χ1) is 12.3. The van der Waals surface area contributed by atoms with E-state index in [4.69, 9.17) is 23.2 Å². The zero-order valence-corrected chi connectivity index (χ0v) is 15.7. The summed E-state index contributed by atoms with van der Waals surface area (Å²) < 4.78 is 24.9. The number of hydrogen-bond acceptors (Lipinski definition) is 5. The Bertz CT molecular complexity index is 1080. The fourth-order valence-corrected chi connectivity index (χ4v) is 3.26. The second-order valence-corrected chi connectivity index (χ2v) is 8.23. The summed E-state index contributed by atoms with van der Waals surface area (Å²) in [6.45, 7) is 0. The maximum atomic E-state index is 12.7. The molecule has 134 valence electrons. The van der Waals surface area contributed by atoms with Gasteiger partial charge >= 0.3 is 0 Å². The molecule has 0 aliphatic carbocycles. The number of anilines is 1. The predicted octanol–water partition coefficient (Wildman–Crippen LogP) is 3.23. The van der Waals surface area contributed by atoms with Crippen LogP contribution in [0.4, 0.5) is 5.69 Å². The number of nitrogens with one attached hydrogen (secondary N) is 1. The number of carbonyl (C=O) groups is 1. The normalized spacial score (nSPS) is 11.3. The third-order valence-corrected chi connectivity index (χ3v) is 5.16. The topological polar surface area (TPSA) is 94.0 Å². The molecule has 0 bridgehead atoms. The monoisotopic (exact) mass is 410 g/mol. The van der Waals surface area contributed by atoms with Crippen molar-refractivity contribution in [1.29, 1.82) is 0 Å². The number of sulfone groups is 1. The third-order valence-electron chi connectivity index (χ3n) is 3.48. The average molecular weight is 411 g/mol. The van der Waals surface area contributed by atoms with Gasteiger partial charge in [-0.15, -0.1) is 0 Å². The van der Waals surface area contributed by atoms with Gasteiger partial charge in [0.2, 0.25) is 0 Å². The highest BCUT2D eigenvalue weighted by molar-refractivity contribution is 7.90. The highest BCUT2D eigenvalue weighted by Gasteiger charge is 2.17. The molecule has 7 nitrogen and oxygen atoms in total.